The van der Waals surface area contributed by atoms with Crippen LogP contribution in [0, 0.1) is 17.2 Å². The Morgan fingerprint density at radius 1 is 1.38 bits per heavy atom. The Morgan fingerprint density at radius 2 is 2.19 bits per heavy atom. The van der Waals surface area contributed by atoms with Gasteiger partial charge in [-0.1, -0.05) is 12.2 Å². The molecule has 2 atom stereocenters. The maximum Gasteiger partial charge on any atom is 0.310 e. The minimum atomic E-state index is -0.811. The molecule has 0 spiro atoms. The van der Waals surface area contributed by atoms with Crippen molar-refractivity contribution in [3.63, 3.8) is 0 Å². The third-order valence-corrected chi connectivity index (χ3v) is 4.14. The number of nitrogens with one attached hydrogen (secondary N) is 1. The highest BCUT2D eigenvalue weighted by Crippen LogP contribution is 2.27. The second-order valence-electron chi connectivity index (χ2n) is 5.63. The van der Waals surface area contributed by atoms with Crippen LogP contribution in [0.1, 0.15) is 36.1 Å². The van der Waals surface area contributed by atoms with Crippen molar-refractivity contribution in [2.24, 2.45) is 5.92 Å². The van der Waals surface area contributed by atoms with Crippen LogP contribution in [0.4, 0.5) is 5.82 Å². The molecule has 3 rings (SSSR count). The number of aromatic nitrogens is 1. The summed E-state index contributed by atoms with van der Waals surface area (Å²) >= 11 is 0. The predicted molar refractivity (Wildman–Crippen MR) is 77.9 cm³/mol. The van der Waals surface area contributed by atoms with Gasteiger partial charge in [-0.2, -0.15) is 5.26 Å². The van der Waals surface area contributed by atoms with Gasteiger partial charge in [0.25, 0.3) is 0 Å². The van der Waals surface area contributed by atoms with Crippen molar-refractivity contribution in [1.29, 1.82) is 5.26 Å². The Bertz CT molecular complexity index is 646. The molecule has 2 unspecified atom stereocenters. The third-order valence-electron chi connectivity index (χ3n) is 4.14. The Labute approximate surface area is 123 Å². The van der Waals surface area contributed by atoms with Gasteiger partial charge in [0.15, 0.2) is 0 Å². The van der Waals surface area contributed by atoms with Gasteiger partial charge in [0, 0.05) is 11.7 Å². The lowest BCUT2D eigenvalue weighted by Gasteiger charge is -2.19. The molecule has 0 saturated carbocycles. The van der Waals surface area contributed by atoms with Crippen molar-refractivity contribution >= 4 is 11.8 Å². The highest BCUT2D eigenvalue weighted by Gasteiger charge is 2.25. The van der Waals surface area contributed by atoms with E-state index in [1.165, 1.54) is 5.56 Å². The summed E-state index contributed by atoms with van der Waals surface area (Å²) in [4.78, 5) is 15.6. The lowest BCUT2D eigenvalue weighted by molar-refractivity contribution is -0.140. The van der Waals surface area contributed by atoms with Crippen LogP contribution in [0.3, 0.4) is 0 Å². The summed E-state index contributed by atoms with van der Waals surface area (Å²) < 4.78 is 0. The number of carbonyl (C=O) groups is 1. The monoisotopic (exact) mass is 283 g/mol. The van der Waals surface area contributed by atoms with Gasteiger partial charge in [0.2, 0.25) is 0 Å². The number of aryl methyl sites for hydroxylation is 2. The molecule has 0 radical (unpaired) electrons. The summed E-state index contributed by atoms with van der Waals surface area (Å²) in [5.41, 5.74) is 2.79. The molecule has 0 bridgehead atoms. The number of carboxylic acids is 1. The number of rotatable bonds is 3. The zero-order valence-electron chi connectivity index (χ0n) is 11.7. The second-order valence-corrected chi connectivity index (χ2v) is 5.63. The fourth-order valence-electron chi connectivity index (χ4n) is 2.99. The molecule has 5 heteroatoms. The second kappa shape index (κ2) is 5.57. The van der Waals surface area contributed by atoms with Gasteiger partial charge >= 0.3 is 5.97 Å². The van der Waals surface area contributed by atoms with Crippen molar-refractivity contribution in [1.82, 2.24) is 4.98 Å². The molecule has 0 saturated heterocycles. The topological polar surface area (TPSA) is 86.0 Å². The van der Waals surface area contributed by atoms with Crippen LogP contribution in [-0.4, -0.2) is 22.1 Å². The number of fused-ring (bicyclic) bond motifs is 1. The van der Waals surface area contributed by atoms with Crippen molar-refractivity contribution < 1.29 is 9.90 Å². The van der Waals surface area contributed by atoms with E-state index >= 15 is 0 Å². The van der Waals surface area contributed by atoms with Crippen LogP contribution in [0.5, 0.6) is 0 Å². The number of pyridine rings is 1. The van der Waals surface area contributed by atoms with Crippen molar-refractivity contribution in [2.45, 2.75) is 38.1 Å². The van der Waals surface area contributed by atoms with E-state index in [0.717, 1.165) is 31.4 Å². The van der Waals surface area contributed by atoms with Crippen molar-refractivity contribution in [3.05, 3.63) is 35.0 Å². The summed E-state index contributed by atoms with van der Waals surface area (Å²) in [6.07, 6.45) is 8.27. The smallest absolute Gasteiger partial charge is 0.310 e. The number of nitriles is 1. The average Bonchev–Trinajstić information content (AvgIpc) is 2.95. The number of nitrogens with zero attached hydrogens (tertiary/aromatic N) is 2. The fraction of sp³-hybridized carbons (Fsp3) is 0.438. The normalized spacial score (nSPS) is 23.4. The zero-order chi connectivity index (χ0) is 14.8. The molecule has 21 heavy (non-hydrogen) atoms. The minimum absolute atomic E-state index is 0.0765. The maximum atomic E-state index is 11.0. The number of hydrogen-bond donors (Lipinski definition) is 2. The number of anilines is 1. The largest absolute Gasteiger partial charge is 0.481 e. The molecule has 2 aliphatic rings. The van der Waals surface area contributed by atoms with Crippen molar-refractivity contribution in [3.8, 4) is 6.07 Å². The molecule has 2 N–H and O–H groups in total. The molecule has 0 amide bonds. The van der Waals surface area contributed by atoms with E-state index < -0.39 is 11.9 Å². The van der Waals surface area contributed by atoms with E-state index in [1.807, 2.05) is 12.1 Å². The molecule has 1 aromatic heterocycles. The Hall–Kier alpha value is -2.35. The first-order chi connectivity index (χ1) is 10.2. The van der Waals surface area contributed by atoms with Crippen LogP contribution < -0.4 is 5.32 Å². The maximum absolute atomic E-state index is 11.0. The molecule has 1 aromatic rings. The molecule has 0 aliphatic heterocycles. The van der Waals surface area contributed by atoms with Crippen LogP contribution >= 0.6 is 0 Å². The van der Waals surface area contributed by atoms with Gasteiger partial charge in [0.1, 0.15) is 11.9 Å². The number of carboxylic acid groups (broad SMARTS) is 1. The van der Waals surface area contributed by atoms with Crippen LogP contribution in [0.2, 0.25) is 0 Å². The van der Waals surface area contributed by atoms with Gasteiger partial charge in [0.05, 0.1) is 11.5 Å². The number of hydrogen-bond acceptors (Lipinski definition) is 4. The lowest BCUT2D eigenvalue weighted by Crippen LogP contribution is -2.21. The summed E-state index contributed by atoms with van der Waals surface area (Å²) in [5.74, 6) is -0.682. The van der Waals surface area contributed by atoms with E-state index in [2.05, 4.69) is 16.4 Å². The molecule has 1 heterocycles. The predicted octanol–water partition coefficient (Wildman–Crippen LogP) is 2.27. The summed E-state index contributed by atoms with van der Waals surface area (Å²) in [5, 5.41) is 21.5. The van der Waals surface area contributed by atoms with E-state index in [1.54, 1.807) is 6.08 Å². The molecular formula is C16H17N3O2. The first kappa shape index (κ1) is 13.6. The zero-order valence-corrected chi connectivity index (χ0v) is 11.7. The van der Waals surface area contributed by atoms with Crippen LogP contribution in [0.25, 0.3) is 0 Å². The number of aliphatic carboxylic acids is 1. The molecular weight excluding hydrogens is 266 g/mol. The third kappa shape index (κ3) is 2.75. The van der Waals surface area contributed by atoms with Gasteiger partial charge in [-0.3, -0.25) is 4.79 Å². The van der Waals surface area contributed by atoms with Gasteiger partial charge in [-0.05, 0) is 43.7 Å². The molecule has 108 valence electrons. The molecule has 0 aromatic carbocycles. The van der Waals surface area contributed by atoms with E-state index in [-0.39, 0.29) is 6.04 Å². The summed E-state index contributed by atoms with van der Waals surface area (Å²) in [6.45, 7) is 0. The summed E-state index contributed by atoms with van der Waals surface area (Å²) in [7, 11) is 0. The molecule has 0 fully saturated rings. The van der Waals surface area contributed by atoms with Crippen LogP contribution in [0.15, 0.2) is 18.2 Å². The lowest BCUT2D eigenvalue weighted by atomic mass is 9.95. The highest BCUT2D eigenvalue weighted by atomic mass is 16.4. The van der Waals surface area contributed by atoms with E-state index in [4.69, 9.17) is 5.11 Å². The Morgan fingerprint density at radius 3 is 2.90 bits per heavy atom. The van der Waals surface area contributed by atoms with Gasteiger partial charge in [-0.15, -0.1) is 0 Å². The minimum Gasteiger partial charge on any atom is -0.481 e. The van der Waals surface area contributed by atoms with E-state index in [9.17, 15) is 10.1 Å². The first-order valence-corrected chi connectivity index (χ1v) is 7.28. The van der Waals surface area contributed by atoms with Crippen molar-refractivity contribution in [2.75, 3.05) is 5.32 Å². The first-order valence-electron chi connectivity index (χ1n) is 7.28. The van der Waals surface area contributed by atoms with Crippen LogP contribution in [-0.2, 0) is 17.6 Å². The Balaban J connectivity index is 1.81. The van der Waals surface area contributed by atoms with Gasteiger partial charge < -0.3 is 10.4 Å². The average molecular weight is 283 g/mol. The highest BCUT2D eigenvalue weighted by molar-refractivity contribution is 5.73. The quantitative estimate of drug-likeness (QED) is 0.831. The SMILES string of the molecule is N#Cc1cc2c(nc1NC1C=CC(C(=O)O)C1)CCCC2. The Kier molecular flexibility index (Phi) is 3.61. The molecule has 5 nitrogen and oxygen atoms in total. The van der Waals surface area contributed by atoms with E-state index in [0.29, 0.717) is 17.8 Å². The summed E-state index contributed by atoms with van der Waals surface area (Å²) in [6, 6.07) is 4.04. The molecule has 2 aliphatic carbocycles. The fourth-order valence-corrected chi connectivity index (χ4v) is 2.99. The standard InChI is InChI=1S/C16H17N3O2/c17-9-12-7-10-3-1-2-4-14(10)19-15(12)18-13-6-5-11(8-13)16(20)21/h5-7,11,13H,1-4,8H2,(H,18,19)(H,20,21). The van der Waals surface area contributed by atoms with Gasteiger partial charge in [-0.25, -0.2) is 4.98 Å².